The Hall–Kier alpha value is -1.16. The van der Waals surface area contributed by atoms with Gasteiger partial charge >= 0.3 is 0 Å². The van der Waals surface area contributed by atoms with Crippen molar-refractivity contribution in [2.24, 2.45) is 11.7 Å². The molecule has 0 saturated carbocycles. The molecule has 0 aromatic carbocycles. The van der Waals surface area contributed by atoms with Crippen molar-refractivity contribution in [2.45, 2.75) is 33.2 Å². The van der Waals surface area contributed by atoms with E-state index in [1.165, 1.54) is 5.56 Å². The molecule has 4 nitrogen and oxygen atoms in total. The molecule has 90 valence electrons. The van der Waals surface area contributed by atoms with Crippen molar-refractivity contribution in [3.8, 4) is 0 Å². The van der Waals surface area contributed by atoms with Crippen LogP contribution in [0.2, 0.25) is 0 Å². The highest BCUT2D eigenvalue weighted by Crippen LogP contribution is 2.09. The number of hydrogen-bond donors (Lipinski definition) is 1. The standard InChI is InChI=1S/C12H22N4/c1-9(2)5-11-6-14-12(15-7-11)16(4)8-10(3)13/h6-7,9-10H,5,8,13H2,1-4H3. The van der Waals surface area contributed by atoms with Gasteiger partial charge in [-0.15, -0.1) is 0 Å². The van der Waals surface area contributed by atoms with E-state index in [1.54, 1.807) is 0 Å². The summed E-state index contributed by atoms with van der Waals surface area (Å²) in [5.74, 6) is 1.38. The van der Waals surface area contributed by atoms with E-state index in [0.29, 0.717) is 5.92 Å². The SMILES string of the molecule is CC(C)Cc1cnc(N(C)CC(C)N)nc1. The summed E-state index contributed by atoms with van der Waals surface area (Å²) in [7, 11) is 1.96. The molecule has 1 heterocycles. The fourth-order valence-corrected chi connectivity index (χ4v) is 1.64. The number of hydrogen-bond acceptors (Lipinski definition) is 4. The van der Waals surface area contributed by atoms with Crippen molar-refractivity contribution < 1.29 is 0 Å². The summed E-state index contributed by atoms with van der Waals surface area (Å²) in [6.45, 7) is 7.12. The third kappa shape index (κ3) is 4.14. The van der Waals surface area contributed by atoms with Crippen molar-refractivity contribution in [1.29, 1.82) is 0 Å². The first-order valence-electron chi connectivity index (χ1n) is 5.76. The van der Waals surface area contributed by atoms with Gasteiger partial charge in [-0.05, 0) is 24.8 Å². The smallest absolute Gasteiger partial charge is 0.225 e. The van der Waals surface area contributed by atoms with Crippen LogP contribution in [0, 0.1) is 5.92 Å². The molecule has 0 aliphatic rings. The summed E-state index contributed by atoms with van der Waals surface area (Å²) < 4.78 is 0. The van der Waals surface area contributed by atoms with Crippen molar-refractivity contribution >= 4 is 5.95 Å². The van der Waals surface area contributed by atoms with Gasteiger partial charge in [-0.3, -0.25) is 0 Å². The second-order valence-electron chi connectivity index (χ2n) is 4.85. The summed E-state index contributed by atoms with van der Waals surface area (Å²) in [6.07, 6.45) is 4.83. The molecule has 0 fully saturated rings. The van der Waals surface area contributed by atoms with Gasteiger partial charge in [0, 0.05) is 32.0 Å². The minimum atomic E-state index is 0.129. The predicted molar refractivity (Wildman–Crippen MR) is 67.5 cm³/mol. The molecule has 0 bridgehead atoms. The summed E-state index contributed by atoms with van der Waals surface area (Å²) in [4.78, 5) is 10.7. The number of nitrogens with zero attached hydrogens (tertiary/aromatic N) is 3. The van der Waals surface area contributed by atoms with Crippen molar-refractivity contribution in [3.05, 3.63) is 18.0 Å². The number of aromatic nitrogens is 2. The second-order valence-corrected chi connectivity index (χ2v) is 4.85. The fourth-order valence-electron chi connectivity index (χ4n) is 1.64. The first kappa shape index (κ1) is 12.9. The summed E-state index contributed by atoms with van der Waals surface area (Å²) >= 11 is 0. The molecule has 1 aromatic rings. The molecule has 1 aromatic heterocycles. The Balaban J connectivity index is 2.63. The van der Waals surface area contributed by atoms with Crippen LogP contribution in [0.15, 0.2) is 12.4 Å². The maximum Gasteiger partial charge on any atom is 0.225 e. The molecule has 4 heteroatoms. The highest BCUT2D eigenvalue weighted by molar-refractivity contribution is 5.28. The average molecular weight is 222 g/mol. The van der Waals surface area contributed by atoms with E-state index >= 15 is 0 Å². The van der Waals surface area contributed by atoms with Crippen LogP contribution in [0.3, 0.4) is 0 Å². The predicted octanol–water partition coefficient (Wildman–Crippen LogP) is 1.46. The van der Waals surface area contributed by atoms with Crippen LogP contribution in [-0.2, 0) is 6.42 Å². The highest BCUT2D eigenvalue weighted by atomic mass is 15.2. The van der Waals surface area contributed by atoms with Gasteiger partial charge in [0.2, 0.25) is 5.95 Å². The molecule has 1 unspecified atom stereocenters. The van der Waals surface area contributed by atoms with Crippen LogP contribution in [0.5, 0.6) is 0 Å². The first-order chi connectivity index (χ1) is 7.49. The molecule has 2 N–H and O–H groups in total. The molecule has 0 radical (unpaired) electrons. The van der Waals surface area contributed by atoms with E-state index in [0.717, 1.165) is 18.9 Å². The number of anilines is 1. The van der Waals surface area contributed by atoms with E-state index in [4.69, 9.17) is 5.73 Å². The van der Waals surface area contributed by atoms with E-state index < -0.39 is 0 Å². The van der Waals surface area contributed by atoms with Gasteiger partial charge in [0.15, 0.2) is 0 Å². The van der Waals surface area contributed by atoms with Crippen LogP contribution in [-0.4, -0.2) is 29.6 Å². The Bertz CT molecular complexity index is 305. The maximum absolute atomic E-state index is 5.73. The Labute approximate surface area is 97.9 Å². The topological polar surface area (TPSA) is 55.0 Å². The fraction of sp³-hybridized carbons (Fsp3) is 0.667. The highest BCUT2D eigenvalue weighted by Gasteiger charge is 2.06. The van der Waals surface area contributed by atoms with Gasteiger partial charge in [0.25, 0.3) is 0 Å². The molecule has 0 aliphatic heterocycles. The van der Waals surface area contributed by atoms with Gasteiger partial charge in [0.05, 0.1) is 0 Å². The zero-order valence-electron chi connectivity index (χ0n) is 10.6. The van der Waals surface area contributed by atoms with Crippen LogP contribution in [0.4, 0.5) is 5.95 Å². The molecule has 1 rings (SSSR count). The number of likely N-dealkylation sites (N-methyl/N-ethyl adjacent to an activating group) is 1. The zero-order chi connectivity index (χ0) is 12.1. The minimum absolute atomic E-state index is 0.129. The van der Waals surface area contributed by atoms with Gasteiger partial charge in [-0.1, -0.05) is 13.8 Å². The molecule has 0 aliphatic carbocycles. The molecule has 16 heavy (non-hydrogen) atoms. The Morgan fingerprint density at radius 3 is 2.25 bits per heavy atom. The Morgan fingerprint density at radius 2 is 1.81 bits per heavy atom. The second kappa shape index (κ2) is 5.80. The Kier molecular flexibility index (Phi) is 4.68. The average Bonchev–Trinajstić information content (AvgIpc) is 2.16. The largest absolute Gasteiger partial charge is 0.342 e. The lowest BCUT2D eigenvalue weighted by Gasteiger charge is -2.19. The van der Waals surface area contributed by atoms with Gasteiger partial charge in [-0.25, -0.2) is 9.97 Å². The maximum atomic E-state index is 5.73. The van der Waals surface area contributed by atoms with Crippen LogP contribution in [0.25, 0.3) is 0 Å². The van der Waals surface area contributed by atoms with Crippen LogP contribution in [0.1, 0.15) is 26.3 Å². The lowest BCUT2D eigenvalue weighted by molar-refractivity contribution is 0.642. The molecular formula is C12H22N4. The number of nitrogens with two attached hydrogens (primary N) is 1. The molecule has 0 spiro atoms. The summed E-state index contributed by atoms with van der Waals surface area (Å²) in [5.41, 5.74) is 6.92. The molecular weight excluding hydrogens is 200 g/mol. The monoisotopic (exact) mass is 222 g/mol. The Morgan fingerprint density at radius 1 is 1.25 bits per heavy atom. The van der Waals surface area contributed by atoms with E-state index in [1.807, 2.05) is 31.3 Å². The van der Waals surface area contributed by atoms with Crippen molar-refractivity contribution in [1.82, 2.24) is 9.97 Å². The van der Waals surface area contributed by atoms with Crippen molar-refractivity contribution in [3.63, 3.8) is 0 Å². The lowest BCUT2D eigenvalue weighted by atomic mass is 10.1. The molecule has 0 amide bonds. The third-order valence-corrected chi connectivity index (χ3v) is 2.24. The quantitative estimate of drug-likeness (QED) is 0.819. The van der Waals surface area contributed by atoms with E-state index in [-0.39, 0.29) is 6.04 Å². The van der Waals surface area contributed by atoms with Crippen LogP contribution < -0.4 is 10.6 Å². The van der Waals surface area contributed by atoms with Gasteiger partial charge in [-0.2, -0.15) is 0 Å². The normalized spacial score (nSPS) is 12.9. The van der Waals surface area contributed by atoms with E-state index in [9.17, 15) is 0 Å². The third-order valence-electron chi connectivity index (χ3n) is 2.24. The van der Waals surface area contributed by atoms with E-state index in [2.05, 4.69) is 23.8 Å². The zero-order valence-corrected chi connectivity index (χ0v) is 10.6. The van der Waals surface area contributed by atoms with Gasteiger partial charge < -0.3 is 10.6 Å². The molecule has 1 atom stereocenters. The lowest BCUT2D eigenvalue weighted by Crippen LogP contribution is -2.33. The first-order valence-corrected chi connectivity index (χ1v) is 5.76. The summed E-state index contributed by atoms with van der Waals surface area (Å²) in [6, 6.07) is 0.129. The van der Waals surface area contributed by atoms with Crippen molar-refractivity contribution in [2.75, 3.05) is 18.5 Å². The molecule has 0 saturated heterocycles. The van der Waals surface area contributed by atoms with Gasteiger partial charge in [0.1, 0.15) is 0 Å². The minimum Gasteiger partial charge on any atom is -0.342 e. The van der Waals surface area contributed by atoms with Crippen LogP contribution >= 0.6 is 0 Å². The summed E-state index contributed by atoms with van der Waals surface area (Å²) in [5, 5.41) is 0. The number of rotatable bonds is 5.